The van der Waals surface area contributed by atoms with Crippen molar-refractivity contribution in [2.45, 2.75) is 97.4 Å². The summed E-state index contributed by atoms with van der Waals surface area (Å²) >= 11 is 0. The van der Waals surface area contributed by atoms with E-state index in [9.17, 15) is 14.4 Å². The van der Waals surface area contributed by atoms with E-state index >= 15 is 0 Å². The molecule has 0 aromatic carbocycles. The Morgan fingerprint density at radius 2 is 1.33 bits per heavy atom. The molecule has 0 aromatic heterocycles. The average Bonchev–Trinajstić information content (AvgIpc) is 2.40. The number of hydrogen-bond donors (Lipinski definition) is 2. The van der Waals surface area contributed by atoms with Crippen molar-refractivity contribution >= 4 is 18.2 Å². The molecular formula is C19H36N2O6. The zero-order valence-corrected chi connectivity index (χ0v) is 18.1. The van der Waals surface area contributed by atoms with Gasteiger partial charge in [-0.3, -0.25) is 0 Å². The smallest absolute Gasteiger partial charge is 0.408 e. The topological polar surface area (TPSA) is 103 Å². The van der Waals surface area contributed by atoms with Crippen molar-refractivity contribution in [1.29, 1.82) is 0 Å². The number of hydrogen-bond acceptors (Lipinski definition) is 6. The molecule has 8 nitrogen and oxygen atoms in total. The fourth-order valence-electron chi connectivity index (χ4n) is 2.23. The molecule has 27 heavy (non-hydrogen) atoms. The molecule has 0 aliphatic carbocycles. The first-order valence-corrected chi connectivity index (χ1v) is 9.13. The van der Waals surface area contributed by atoms with Gasteiger partial charge in [0.2, 0.25) is 0 Å². The van der Waals surface area contributed by atoms with Crippen LogP contribution in [0.25, 0.3) is 0 Å². The highest BCUT2D eigenvalue weighted by molar-refractivity contribution is 5.81. The summed E-state index contributed by atoms with van der Waals surface area (Å²) < 4.78 is 15.2. The zero-order valence-electron chi connectivity index (χ0n) is 18.1. The molecule has 2 amide bonds. The van der Waals surface area contributed by atoms with Crippen LogP contribution in [0.4, 0.5) is 9.59 Å². The van der Waals surface area contributed by atoms with Crippen LogP contribution in [0.3, 0.4) is 0 Å². The average molecular weight is 389 g/mol. The van der Waals surface area contributed by atoms with Gasteiger partial charge in [0.05, 0.1) is 7.11 Å². The van der Waals surface area contributed by atoms with E-state index < -0.39 is 40.9 Å². The Balaban J connectivity index is 4.64. The summed E-state index contributed by atoms with van der Waals surface area (Å²) in [6.45, 7) is 14.3. The van der Waals surface area contributed by atoms with Crippen molar-refractivity contribution in [2.24, 2.45) is 0 Å². The number of nitrogens with one attached hydrogen (secondary N) is 2. The Labute approximate surface area is 162 Å². The molecule has 0 saturated heterocycles. The van der Waals surface area contributed by atoms with Gasteiger partial charge in [0.1, 0.15) is 17.2 Å². The molecule has 0 aliphatic rings. The zero-order chi connectivity index (χ0) is 21.5. The first kappa shape index (κ1) is 25.0. The van der Waals surface area contributed by atoms with Gasteiger partial charge >= 0.3 is 18.2 Å². The van der Waals surface area contributed by atoms with Crippen LogP contribution in [0.15, 0.2) is 0 Å². The van der Waals surface area contributed by atoms with Crippen LogP contribution in [-0.4, -0.2) is 48.0 Å². The molecule has 2 N–H and O–H groups in total. The quantitative estimate of drug-likeness (QED) is 0.511. The van der Waals surface area contributed by atoms with E-state index in [0.29, 0.717) is 19.3 Å². The van der Waals surface area contributed by atoms with Crippen LogP contribution in [0.5, 0.6) is 0 Å². The molecule has 8 heteroatoms. The maximum atomic E-state index is 11.9. The number of carbonyl (C=O) groups excluding carboxylic acids is 3. The lowest BCUT2D eigenvalue weighted by Gasteiger charge is -2.29. The maximum Gasteiger partial charge on any atom is 0.408 e. The fourth-order valence-corrected chi connectivity index (χ4v) is 2.23. The number of methoxy groups -OCH3 is 1. The van der Waals surface area contributed by atoms with Crippen LogP contribution in [0.1, 0.15) is 74.7 Å². The van der Waals surface area contributed by atoms with Crippen molar-refractivity contribution in [3.63, 3.8) is 0 Å². The van der Waals surface area contributed by atoms with Crippen LogP contribution in [0.2, 0.25) is 0 Å². The summed E-state index contributed by atoms with van der Waals surface area (Å²) in [5, 5.41) is 5.35. The molecule has 0 spiro atoms. The lowest BCUT2D eigenvalue weighted by atomic mass is 9.96. The molecule has 0 heterocycles. The molecule has 0 rings (SSSR count). The van der Waals surface area contributed by atoms with E-state index in [1.54, 1.807) is 41.5 Å². The molecule has 1 atom stereocenters. The van der Waals surface area contributed by atoms with Crippen LogP contribution < -0.4 is 10.6 Å². The second kappa shape index (κ2) is 9.80. The summed E-state index contributed by atoms with van der Waals surface area (Å²) in [5.74, 6) is -0.543. The summed E-state index contributed by atoms with van der Waals surface area (Å²) in [6, 6.07) is -0.817. The third kappa shape index (κ3) is 12.9. The molecular weight excluding hydrogens is 352 g/mol. The Bertz CT molecular complexity index is 517. The Hall–Kier alpha value is -1.99. The lowest BCUT2D eigenvalue weighted by molar-refractivity contribution is -0.143. The summed E-state index contributed by atoms with van der Waals surface area (Å²) in [5.41, 5.74) is -1.77. The van der Waals surface area contributed by atoms with Gasteiger partial charge in [0.15, 0.2) is 0 Å². The summed E-state index contributed by atoms with van der Waals surface area (Å²) in [7, 11) is 1.26. The number of ether oxygens (including phenoxy) is 3. The van der Waals surface area contributed by atoms with Gasteiger partial charge in [-0.05, 0) is 74.7 Å². The van der Waals surface area contributed by atoms with E-state index in [0.717, 1.165) is 0 Å². The standard InChI is InChI=1S/C19H36N2O6/c1-17(2,3)26-15(23)20-13(14(22)25-9)11-10-12-19(7,8)21-16(24)27-18(4,5)6/h13H,10-12H2,1-9H3,(H,20,23)(H,21,24)/t13-/m0/s1. The minimum Gasteiger partial charge on any atom is -0.467 e. The van der Waals surface area contributed by atoms with Crippen LogP contribution in [-0.2, 0) is 19.0 Å². The third-order valence-electron chi connectivity index (χ3n) is 3.31. The van der Waals surface area contributed by atoms with E-state index in [2.05, 4.69) is 10.6 Å². The number of carbonyl (C=O) groups is 3. The largest absolute Gasteiger partial charge is 0.467 e. The minimum atomic E-state index is -0.817. The number of rotatable bonds is 7. The van der Waals surface area contributed by atoms with Gasteiger partial charge in [-0.1, -0.05) is 0 Å². The second-order valence-corrected chi connectivity index (χ2v) is 9.12. The molecule has 0 aliphatic heterocycles. The maximum absolute atomic E-state index is 11.9. The highest BCUT2D eigenvalue weighted by Gasteiger charge is 2.28. The predicted octanol–water partition coefficient (Wildman–Crippen LogP) is 3.53. The number of alkyl carbamates (subject to hydrolysis) is 2. The van der Waals surface area contributed by atoms with Gasteiger partial charge in [-0.15, -0.1) is 0 Å². The van der Waals surface area contributed by atoms with E-state index in [-0.39, 0.29) is 0 Å². The molecule has 0 aromatic rings. The molecule has 158 valence electrons. The van der Waals surface area contributed by atoms with Gasteiger partial charge in [0, 0.05) is 5.54 Å². The van der Waals surface area contributed by atoms with Gasteiger partial charge < -0.3 is 24.8 Å². The molecule has 0 radical (unpaired) electrons. The summed E-state index contributed by atoms with van der Waals surface area (Å²) in [4.78, 5) is 35.8. The fraction of sp³-hybridized carbons (Fsp3) is 0.842. The van der Waals surface area contributed by atoms with Crippen molar-refractivity contribution in [3.05, 3.63) is 0 Å². The Morgan fingerprint density at radius 1 is 0.852 bits per heavy atom. The van der Waals surface area contributed by atoms with Crippen molar-refractivity contribution in [1.82, 2.24) is 10.6 Å². The predicted molar refractivity (Wildman–Crippen MR) is 102 cm³/mol. The minimum absolute atomic E-state index is 0.353. The van der Waals surface area contributed by atoms with Crippen LogP contribution >= 0.6 is 0 Å². The van der Waals surface area contributed by atoms with Crippen molar-refractivity contribution in [3.8, 4) is 0 Å². The van der Waals surface area contributed by atoms with E-state index in [4.69, 9.17) is 14.2 Å². The monoisotopic (exact) mass is 388 g/mol. The van der Waals surface area contributed by atoms with Gasteiger partial charge in [0.25, 0.3) is 0 Å². The first-order valence-electron chi connectivity index (χ1n) is 9.13. The third-order valence-corrected chi connectivity index (χ3v) is 3.31. The van der Waals surface area contributed by atoms with E-state index in [1.165, 1.54) is 7.11 Å². The Morgan fingerprint density at radius 3 is 1.78 bits per heavy atom. The van der Waals surface area contributed by atoms with Crippen molar-refractivity contribution in [2.75, 3.05) is 7.11 Å². The first-order chi connectivity index (χ1) is 12.0. The van der Waals surface area contributed by atoms with Gasteiger partial charge in [-0.25, -0.2) is 14.4 Å². The Kier molecular flexibility index (Phi) is 9.08. The molecule has 0 saturated carbocycles. The van der Waals surface area contributed by atoms with Gasteiger partial charge in [-0.2, -0.15) is 0 Å². The molecule has 0 fully saturated rings. The SMILES string of the molecule is COC(=O)[C@H](CCCC(C)(C)NC(=O)OC(C)(C)C)NC(=O)OC(C)(C)C. The molecule has 0 bridgehead atoms. The highest BCUT2D eigenvalue weighted by Crippen LogP contribution is 2.17. The number of esters is 1. The molecule has 0 unspecified atom stereocenters. The number of amides is 2. The summed E-state index contributed by atoms with van der Waals surface area (Å²) in [6.07, 6.45) is 0.326. The normalized spacial score (nSPS) is 13.4. The van der Waals surface area contributed by atoms with E-state index in [1.807, 2.05) is 13.8 Å². The highest BCUT2D eigenvalue weighted by atomic mass is 16.6. The van der Waals surface area contributed by atoms with Crippen molar-refractivity contribution < 1.29 is 28.6 Å². The lowest BCUT2D eigenvalue weighted by Crippen LogP contribution is -2.46. The van der Waals surface area contributed by atoms with Crippen LogP contribution in [0, 0.1) is 0 Å². The second-order valence-electron chi connectivity index (χ2n) is 9.12.